The van der Waals surface area contributed by atoms with E-state index in [1.54, 1.807) is 18.3 Å². The predicted molar refractivity (Wildman–Crippen MR) is 110 cm³/mol. The third-order valence-electron chi connectivity index (χ3n) is 6.51. The number of H-pyrrole nitrogens is 1. The highest BCUT2D eigenvalue weighted by atomic mass is 35.5. The van der Waals surface area contributed by atoms with Crippen LogP contribution >= 0.6 is 11.6 Å². The fraction of sp³-hybridized carbons (Fsp3) is 0.318. The Hall–Kier alpha value is -2.73. The molecule has 1 amide bonds. The van der Waals surface area contributed by atoms with E-state index in [0.29, 0.717) is 22.4 Å². The Labute approximate surface area is 172 Å². The molecule has 2 aromatic heterocycles. The summed E-state index contributed by atoms with van der Waals surface area (Å²) in [6, 6.07) is 6.13. The molecule has 0 radical (unpaired) electrons. The van der Waals surface area contributed by atoms with Crippen molar-refractivity contribution < 1.29 is 9.18 Å². The number of amides is 1. The maximum absolute atomic E-state index is 13.3. The van der Waals surface area contributed by atoms with Crippen molar-refractivity contribution in [3.05, 3.63) is 59.0 Å². The zero-order chi connectivity index (χ0) is 20.3. The van der Waals surface area contributed by atoms with Gasteiger partial charge in [-0.3, -0.25) is 4.79 Å². The van der Waals surface area contributed by atoms with Gasteiger partial charge in [0.15, 0.2) is 5.65 Å². The van der Waals surface area contributed by atoms with Gasteiger partial charge >= 0.3 is 0 Å². The zero-order valence-corrected chi connectivity index (χ0v) is 16.5. The molecular formula is C22H20ClFN4O. The molecule has 2 bridgehead atoms. The van der Waals surface area contributed by atoms with E-state index >= 15 is 0 Å². The minimum Gasteiger partial charge on any atom is -0.369 e. The summed E-state index contributed by atoms with van der Waals surface area (Å²) >= 11 is 6.59. The average molecular weight is 411 g/mol. The summed E-state index contributed by atoms with van der Waals surface area (Å²) in [5.74, 6) is 0.444. The molecule has 1 fully saturated rings. The quantitative estimate of drug-likeness (QED) is 0.623. The number of benzene rings is 1. The number of carbonyl (C=O) groups is 1. The Bertz CT molecular complexity index is 1140. The Balaban J connectivity index is 1.61. The highest BCUT2D eigenvalue weighted by Crippen LogP contribution is 2.54. The first-order valence-electron chi connectivity index (χ1n) is 9.71. The number of allylic oxidation sites excluding steroid dienone is 2. The molecule has 1 aromatic carbocycles. The molecule has 7 heteroatoms. The van der Waals surface area contributed by atoms with Crippen LogP contribution in [0.2, 0.25) is 5.02 Å². The first-order valence-corrected chi connectivity index (χ1v) is 10.1. The van der Waals surface area contributed by atoms with E-state index in [1.807, 2.05) is 0 Å². The number of imidazole rings is 1. The number of carbonyl (C=O) groups excluding carboxylic acids is 1. The molecule has 3 aromatic rings. The number of nitrogens with zero attached hydrogens (tertiary/aromatic N) is 2. The van der Waals surface area contributed by atoms with E-state index in [9.17, 15) is 9.18 Å². The Morgan fingerprint density at radius 3 is 2.72 bits per heavy atom. The van der Waals surface area contributed by atoms with Crippen molar-refractivity contribution >= 4 is 28.7 Å². The number of primary amides is 1. The van der Waals surface area contributed by atoms with Crippen molar-refractivity contribution in [3.63, 3.8) is 0 Å². The number of aromatic amines is 1. The number of hydrogen-bond donors (Lipinski definition) is 2. The third kappa shape index (κ3) is 2.85. The smallest absolute Gasteiger partial charge is 0.221 e. The monoisotopic (exact) mass is 410 g/mol. The molecular weight excluding hydrogens is 391 g/mol. The van der Waals surface area contributed by atoms with E-state index in [0.717, 1.165) is 23.1 Å². The first kappa shape index (κ1) is 18.3. The average Bonchev–Trinajstić information content (AvgIpc) is 3.41. The van der Waals surface area contributed by atoms with E-state index < -0.39 is 0 Å². The third-order valence-corrected chi connectivity index (χ3v) is 6.81. The van der Waals surface area contributed by atoms with Crippen molar-refractivity contribution in [3.8, 4) is 11.4 Å². The molecule has 5 atom stereocenters. The van der Waals surface area contributed by atoms with Crippen molar-refractivity contribution in [2.75, 3.05) is 0 Å². The van der Waals surface area contributed by atoms with Crippen LogP contribution in [0.5, 0.6) is 0 Å². The molecule has 5 nitrogen and oxygen atoms in total. The van der Waals surface area contributed by atoms with Gasteiger partial charge in [0.05, 0.1) is 10.5 Å². The minimum atomic E-state index is -0.304. The van der Waals surface area contributed by atoms with Crippen molar-refractivity contribution in [2.45, 2.75) is 19.3 Å². The molecule has 1 saturated carbocycles. The Kier molecular flexibility index (Phi) is 4.21. The Morgan fingerprint density at radius 2 is 2.00 bits per heavy atom. The number of nitrogens with two attached hydrogens (primary N) is 1. The van der Waals surface area contributed by atoms with Gasteiger partial charge in [0.2, 0.25) is 5.91 Å². The van der Waals surface area contributed by atoms with Crippen LogP contribution in [-0.2, 0) is 4.79 Å². The van der Waals surface area contributed by atoms with Crippen LogP contribution in [0.3, 0.4) is 0 Å². The molecule has 148 valence electrons. The molecule has 2 aliphatic rings. The molecule has 0 aliphatic heterocycles. The van der Waals surface area contributed by atoms with Crippen molar-refractivity contribution in [1.82, 2.24) is 15.0 Å². The fourth-order valence-electron chi connectivity index (χ4n) is 5.28. The van der Waals surface area contributed by atoms with Gasteiger partial charge < -0.3 is 10.7 Å². The SMILES string of the molecule is C[C@@H](c1c(Cl)cnc2nc(-c3ccc(F)cc3)[nH]c12)C1[C@@H](C(N)=O)[C@@H]2C=C[C@H]1C2. The van der Waals surface area contributed by atoms with E-state index in [1.165, 1.54) is 12.1 Å². The molecule has 0 saturated heterocycles. The maximum Gasteiger partial charge on any atom is 0.221 e. The van der Waals surface area contributed by atoms with E-state index in [2.05, 4.69) is 34.0 Å². The number of halogens is 2. The van der Waals surface area contributed by atoms with Crippen LogP contribution in [0, 0.1) is 29.5 Å². The summed E-state index contributed by atoms with van der Waals surface area (Å²) in [6.45, 7) is 2.09. The van der Waals surface area contributed by atoms with Gasteiger partial charge in [-0.1, -0.05) is 30.7 Å². The summed E-state index contributed by atoms with van der Waals surface area (Å²) in [7, 11) is 0. The summed E-state index contributed by atoms with van der Waals surface area (Å²) < 4.78 is 13.3. The highest BCUT2D eigenvalue weighted by molar-refractivity contribution is 6.32. The second-order valence-electron chi connectivity index (χ2n) is 8.05. The lowest BCUT2D eigenvalue weighted by Crippen LogP contribution is -2.35. The van der Waals surface area contributed by atoms with Gasteiger partial charge in [0, 0.05) is 23.2 Å². The second-order valence-corrected chi connectivity index (χ2v) is 8.46. The van der Waals surface area contributed by atoms with Gasteiger partial charge in [-0.25, -0.2) is 14.4 Å². The van der Waals surface area contributed by atoms with Gasteiger partial charge in [-0.2, -0.15) is 0 Å². The lowest BCUT2D eigenvalue weighted by Gasteiger charge is -2.31. The normalized spacial score (nSPS) is 26.3. The minimum absolute atomic E-state index is 0.00744. The topological polar surface area (TPSA) is 84.7 Å². The van der Waals surface area contributed by atoms with Gasteiger partial charge in [-0.15, -0.1) is 0 Å². The summed E-state index contributed by atoms with van der Waals surface area (Å²) in [5, 5.41) is 0.536. The lowest BCUT2D eigenvalue weighted by atomic mass is 9.73. The molecule has 2 aliphatic carbocycles. The Morgan fingerprint density at radius 1 is 1.28 bits per heavy atom. The zero-order valence-electron chi connectivity index (χ0n) is 15.8. The summed E-state index contributed by atoms with van der Waals surface area (Å²) in [4.78, 5) is 24.4. The number of rotatable bonds is 4. The summed E-state index contributed by atoms with van der Waals surface area (Å²) in [5.41, 5.74) is 8.72. The maximum atomic E-state index is 13.3. The number of fused-ring (bicyclic) bond motifs is 3. The van der Waals surface area contributed by atoms with Gasteiger partial charge in [-0.05, 0) is 54.4 Å². The molecule has 29 heavy (non-hydrogen) atoms. The largest absolute Gasteiger partial charge is 0.369 e. The number of hydrogen-bond acceptors (Lipinski definition) is 3. The number of aromatic nitrogens is 3. The van der Waals surface area contributed by atoms with Crippen LogP contribution in [-0.4, -0.2) is 20.9 Å². The van der Waals surface area contributed by atoms with Crippen LogP contribution in [0.4, 0.5) is 4.39 Å². The molecule has 2 heterocycles. The van der Waals surface area contributed by atoms with Crippen LogP contribution < -0.4 is 5.73 Å². The number of pyridine rings is 1. The molecule has 5 rings (SSSR count). The molecule has 3 N–H and O–H groups in total. The second kappa shape index (κ2) is 6.66. The van der Waals surface area contributed by atoms with Gasteiger partial charge in [0.25, 0.3) is 0 Å². The van der Waals surface area contributed by atoms with Crippen LogP contribution in [0.15, 0.2) is 42.6 Å². The van der Waals surface area contributed by atoms with Gasteiger partial charge in [0.1, 0.15) is 11.6 Å². The fourth-order valence-corrected chi connectivity index (χ4v) is 5.59. The molecule has 0 spiro atoms. The predicted octanol–water partition coefficient (Wildman–Crippen LogP) is 4.44. The summed E-state index contributed by atoms with van der Waals surface area (Å²) in [6.07, 6.45) is 6.88. The number of nitrogens with one attached hydrogen (secondary N) is 1. The van der Waals surface area contributed by atoms with Crippen LogP contribution in [0.1, 0.15) is 24.8 Å². The van der Waals surface area contributed by atoms with E-state index in [-0.39, 0.29) is 35.4 Å². The van der Waals surface area contributed by atoms with Crippen molar-refractivity contribution in [2.24, 2.45) is 29.4 Å². The first-order chi connectivity index (χ1) is 13.9. The standard InChI is InChI=1S/C22H20ClFN4O/c1-10(16-12-2-3-13(8-12)18(16)20(25)29)17-15(23)9-26-22-19(17)27-21(28-22)11-4-6-14(24)7-5-11/h2-7,9-10,12-13,16,18H,8H2,1H3,(H2,25,29)(H,26,27,28)/t10-,12+,13-,16?,18+/m1/s1. The van der Waals surface area contributed by atoms with E-state index in [4.69, 9.17) is 17.3 Å². The molecule has 1 unspecified atom stereocenters. The van der Waals surface area contributed by atoms with Crippen molar-refractivity contribution in [1.29, 1.82) is 0 Å². The van der Waals surface area contributed by atoms with Crippen LogP contribution in [0.25, 0.3) is 22.6 Å². The lowest BCUT2D eigenvalue weighted by molar-refractivity contribution is -0.124. The highest BCUT2D eigenvalue weighted by Gasteiger charge is 2.50.